The minimum atomic E-state index is -0.257. The average molecular weight is 393 g/mol. The molecule has 0 atom stereocenters. The van der Waals surface area contributed by atoms with Gasteiger partial charge in [0.05, 0.1) is 14.2 Å². The van der Waals surface area contributed by atoms with Crippen LogP contribution in [0.25, 0.3) is 0 Å². The van der Waals surface area contributed by atoms with Gasteiger partial charge in [-0.15, -0.1) is 0 Å². The lowest BCUT2D eigenvalue weighted by molar-refractivity contribution is 0.0945. The molecule has 0 bridgehead atoms. The Morgan fingerprint density at radius 2 is 1.76 bits per heavy atom. The monoisotopic (exact) mass is 393 g/mol. The Kier molecular flexibility index (Phi) is 6.94. The van der Waals surface area contributed by atoms with Crippen LogP contribution in [-0.4, -0.2) is 41.6 Å². The van der Waals surface area contributed by atoms with Gasteiger partial charge >= 0.3 is 0 Å². The van der Waals surface area contributed by atoms with Crippen LogP contribution in [0.2, 0.25) is 0 Å². The molecule has 8 nitrogen and oxygen atoms in total. The summed E-state index contributed by atoms with van der Waals surface area (Å²) in [5.74, 6) is 1.73. The SMILES string of the molecule is COc1ccc(CCNc2cc(C(=O)NCc3ccncc3)ncn2)cc1OC. The van der Waals surface area contributed by atoms with Crippen LogP contribution in [-0.2, 0) is 13.0 Å². The van der Waals surface area contributed by atoms with Crippen LogP contribution in [0.3, 0.4) is 0 Å². The van der Waals surface area contributed by atoms with Gasteiger partial charge in [0, 0.05) is 31.5 Å². The molecule has 2 heterocycles. The van der Waals surface area contributed by atoms with Crippen LogP contribution in [0.15, 0.2) is 55.1 Å². The first-order chi connectivity index (χ1) is 14.2. The van der Waals surface area contributed by atoms with Crippen molar-refractivity contribution in [2.75, 3.05) is 26.1 Å². The molecule has 2 N–H and O–H groups in total. The second-order valence-corrected chi connectivity index (χ2v) is 6.19. The number of nitrogens with one attached hydrogen (secondary N) is 2. The van der Waals surface area contributed by atoms with E-state index in [1.54, 1.807) is 32.7 Å². The predicted octanol–water partition coefficient (Wildman–Crippen LogP) is 2.47. The Bertz CT molecular complexity index is 950. The van der Waals surface area contributed by atoms with Crippen LogP contribution in [0, 0.1) is 0 Å². The van der Waals surface area contributed by atoms with Crippen molar-refractivity contribution < 1.29 is 14.3 Å². The molecule has 8 heteroatoms. The molecule has 0 aliphatic carbocycles. The average Bonchev–Trinajstić information content (AvgIpc) is 2.78. The number of hydrogen-bond donors (Lipinski definition) is 2. The lowest BCUT2D eigenvalue weighted by atomic mass is 10.1. The standard InChI is InChI=1S/C21H23N5O3/c1-28-18-4-3-15(11-19(18)29-2)7-10-23-20-12-17(25-14-26-20)21(27)24-13-16-5-8-22-9-6-16/h3-6,8-9,11-12,14H,7,10,13H2,1-2H3,(H,24,27)(H,23,25,26). The minimum absolute atomic E-state index is 0.257. The molecule has 1 aromatic carbocycles. The van der Waals surface area contributed by atoms with E-state index >= 15 is 0 Å². The summed E-state index contributed by atoms with van der Waals surface area (Å²) in [5, 5.41) is 6.05. The van der Waals surface area contributed by atoms with E-state index in [0.29, 0.717) is 36.1 Å². The van der Waals surface area contributed by atoms with Crippen molar-refractivity contribution >= 4 is 11.7 Å². The molecular weight excluding hydrogens is 370 g/mol. The Morgan fingerprint density at radius 3 is 2.52 bits per heavy atom. The van der Waals surface area contributed by atoms with E-state index in [-0.39, 0.29) is 5.91 Å². The van der Waals surface area contributed by atoms with Gasteiger partial charge in [-0.25, -0.2) is 9.97 Å². The van der Waals surface area contributed by atoms with Crippen LogP contribution < -0.4 is 20.1 Å². The summed E-state index contributed by atoms with van der Waals surface area (Å²) < 4.78 is 10.6. The zero-order valence-electron chi connectivity index (χ0n) is 16.4. The molecule has 0 saturated heterocycles. The number of pyridine rings is 1. The van der Waals surface area contributed by atoms with Crippen molar-refractivity contribution in [3.05, 3.63) is 71.9 Å². The van der Waals surface area contributed by atoms with Crippen LogP contribution in [0.1, 0.15) is 21.6 Å². The summed E-state index contributed by atoms with van der Waals surface area (Å²) in [6.45, 7) is 1.05. The Labute approximate surface area is 169 Å². The Hall–Kier alpha value is -3.68. The molecule has 3 aromatic rings. The highest BCUT2D eigenvalue weighted by atomic mass is 16.5. The maximum atomic E-state index is 12.3. The quantitative estimate of drug-likeness (QED) is 0.576. The number of benzene rings is 1. The summed E-state index contributed by atoms with van der Waals surface area (Å²) in [6.07, 6.45) is 5.51. The van der Waals surface area contributed by atoms with Crippen molar-refractivity contribution in [1.82, 2.24) is 20.3 Å². The number of anilines is 1. The van der Waals surface area contributed by atoms with E-state index in [4.69, 9.17) is 9.47 Å². The molecule has 29 heavy (non-hydrogen) atoms. The van der Waals surface area contributed by atoms with E-state index in [2.05, 4.69) is 25.6 Å². The summed E-state index contributed by atoms with van der Waals surface area (Å²) in [6, 6.07) is 11.1. The van der Waals surface area contributed by atoms with Crippen molar-refractivity contribution in [1.29, 1.82) is 0 Å². The first-order valence-electron chi connectivity index (χ1n) is 9.13. The first-order valence-corrected chi connectivity index (χ1v) is 9.13. The fourth-order valence-corrected chi connectivity index (χ4v) is 2.72. The van der Waals surface area contributed by atoms with Crippen LogP contribution >= 0.6 is 0 Å². The van der Waals surface area contributed by atoms with Gasteiger partial charge in [-0.3, -0.25) is 9.78 Å². The second kappa shape index (κ2) is 10.0. The molecule has 0 aliphatic heterocycles. The van der Waals surface area contributed by atoms with E-state index in [9.17, 15) is 4.79 Å². The van der Waals surface area contributed by atoms with Gasteiger partial charge in [0.2, 0.25) is 0 Å². The van der Waals surface area contributed by atoms with Crippen molar-refractivity contribution in [2.24, 2.45) is 0 Å². The minimum Gasteiger partial charge on any atom is -0.493 e. The number of methoxy groups -OCH3 is 2. The van der Waals surface area contributed by atoms with Gasteiger partial charge in [-0.05, 0) is 41.8 Å². The summed E-state index contributed by atoms with van der Waals surface area (Å²) >= 11 is 0. The second-order valence-electron chi connectivity index (χ2n) is 6.19. The third-order valence-corrected chi connectivity index (χ3v) is 4.27. The van der Waals surface area contributed by atoms with Crippen molar-refractivity contribution in [3.8, 4) is 11.5 Å². The smallest absolute Gasteiger partial charge is 0.270 e. The molecule has 0 unspecified atom stereocenters. The number of carbonyl (C=O) groups excluding carboxylic acids is 1. The Balaban J connectivity index is 1.54. The molecule has 1 amide bonds. The lowest BCUT2D eigenvalue weighted by Crippen LogP contribution is -2.24. The molecular formula is C21H23N5O3. The molecule has 0 radical (unpaired) electrons. The molecule has 3 rings (SSSR count). The van der Waals surface area contributed by atoms with E-state index in [1.165, 1.54) is 6.33 Å². The number of ether oxygens (including phenoxy) is 2. The van der Waals surface area contributed by atoms with E-state index < -0.39 is 0 Å². The normalized spacial score (nSPS) is 10.3. The van der Waals surface area contributed by atoms with Gasteiger partial charge in [-0.2, -0.15) is 0 Å². The zero-order valence-corrected chi connectivity index (χ0v) is 16.4. The molecule has 0 saturated carbocycles. The number of nitrogens with zero attached hydrogens (tertiary/aromatic N) is 3. The number of amides is 1. The fourth-order valence-electron chi connectivity index (χ4n) is 2.72. The van der Waals surface area contributed by atoms with Gasteiger partial charge in [0.25, 0.3) is 5.91 Å². The summed E-state index contributed by atoms with van der Waals surface area (Å²) in [5.41, 5.74) is 2.37. The summed E-state index contributed by atoms with van der Waals surface area (Å²) in [7, 11) is 3.22. The third-order valence-electron chi connectivity index (χ3n) is 4.27. The first kappa shape index (κ1) is 20.1. The number of hydrogen-bond acceptors (Lipinski definition) is 7. The summed E-state index contributed by atoms with van der Waals surface area (Å²) in [4.78, 5) is 24.5. The maximum absolute atomic E-state index is 12.3. The maximum Gasteiger partial charge on any atom is 0.270 e. The molecule has 0 fully saturated rings. The van der Waals surface area contributed by atoms with Gasteiger partial charge < -0.3 is 20.1 Å². The van der Waals surface area contributed by atoms with Crippen LogP contribution in [0.5, 0.6) is 11.5 Å². The number of aromatic nitrogens is 3. The van der Waals surface area contributed by atoms with Crippen molar-refractivity contribution in [3.63, 3.8) is 0 Å². The number of carbonyl (C=O) groups is 1. The highest BCUT2D eigenvalue weighted by Crippen LogP contribution is 2.27. The molecule has 0 aliphatic rings. The predicted molar refractivity (Wildman–Crippen MR) is 109 cm³/mol. The van der Waals surface area contributed by atoms with E-state index in [0.717, 1.165) is 17.5 Å². The molecule has 0 spiro atoms. The Morgan fingerprint density at radius 1 is 0.966 bits per heavy atom. The largest absolute Gasteiger partial charge is 0.493 e. The van der Waals surface area contributed by atoms with E-state index in [1.807, 2.05) is 30.3 Å². The van der Waals surface area contributed by atoms with Gasteiger partial charge in [-0.1, -0.05) is 6.07 Å². The fraction of sp³-hybridized carbons (Fsp3) is 0.238. The number of rotatable bonds is 9. The molecule has 150 valence electrons. The van der Waals surface area contributed by atoms with Crippen molar-refractivity contribution in [2.45, 2.75) is 13.0 Å². The molecule has 2 aromatic heterocycles. The third kappa shape index (κ3) is 5.65. The highest BCUT2D eigenvalue weighted by Gasteiger charge is 2.09. The van der Waals surface area contributed by atoms with Crippen LogP contribution in [0.4, 0.5) is 5.82 Å². The van der Waals surface area contributed by atoms with Gasteiger partial charge in [0.1, 0.15) is 17.8 Å². The highest BCUT2D eigenvalue weighted by molar-refractivity contribution is 5.92. The zero-order chi connectivity index (χ0) is 20.5. The lowest BCUT2D eigenvalue weighted by Gasteiger charge is -2.10. The van der Waals surface area contributed by atoms with Gasteiger partial charge in [0.15, 0.2) is 11.5 Å². The topological polar surface area (TPSA) is 98.3 Å².